The number of benzene rings is 1. The molecule has 3 aromatic rings. The molecule has 0 amide bonds. The molecule has 158 valence electrons. The standard InChI is InChI=1S/C20H18F3N3O2S2/c1-13-18(12-17(29-13)16-11-19(25-24-16)20(21,22)23)30(27,28)26-9-7-15(8-10-26)14-5-3-2-4-6-14/h2-7,11-12H,8-10H2,1H3,(H,24,25). The van der Waals surface area contributed by atoms with Crippen molar-refractivity contribution in [1.29, 1.82) is 0 Å². The first-order chi connectivity index (χ1) is 14.2. The number of nitrogens with zero attached hydrogens (tertiary/aromatic N) is 2. The topological polar surface area (TPSA) is 66.1 Å². The highest BCUT2D eigenvalue weighted by atomic mass is 32.2. The molecule has 0 aliphatic carbocycles. The van der Waals surface area contributed by atoms with Gasteiger partial charge in [0.25, 0.3) is 0 Å². The first-order valence-electron chi connectivity index (χ1n) is 9.14. The summed E-state index contributed by atoms with van der Waals surface area (Å²) in [5.74, 6) is 0. The van der Waals surface area contributed by atoms with Gasteiger partial charge >= 0.3 is 6.18 Å². The van der Waals surface area contributed by atoms with Gasteiger partial charge < -0.3 is 0 Å². The minimum absolute atomic E-state index is 0.0711. The Balaban J connectivity index is 1.58. The Kier molecular flexibility index (Phi) is 5.33. The quantitative estimate of drug-likeness (QED) is 0.608. The molecule has 2 aromatic heterocycles. The van der Waals surface area contributed by atoms with E-state index < -0.39 is 21.9 Å². The van der Waals surface area contributed by atoms with Crippen LogP contribution in [0.5, 0.6) is 0 Å². The van der Waals surface area contributed by atoms with Gasteiger partial charge in [0, 0.05) is 18.0 Å². The Labute approximate surface area is 175 Å². The van der Waals surface area contributed by atoms with Gasteiger partial charge in [0.05, 0.1) is 9.77 Å². The van der Waals surface area contributed by atoms with E-state index in [4.69, 9.17) is 0 Å². The van der Waals surface area contributed by atoms with E-state index in [0.717, 1.165) is 28.5 Å². The molecule has 3 heterocycles. The minimum atomic E-state index is -4.54. The van der Waals surface area contributed by atoms with Crippen molar-refractivity contribution in [3.05, 3.63) is 64.7 Å². The van der Waals surface area contributed by atoms with Crippen molar-refractivity contribution in [2.24, 2.45) is 0 Å². The third kappa shape index (κ3) is 3.94. The van der Waals surface area contributed by atoms with Gasteiger partial charge in [-0.25, -0.2) is 8.42 Å². The summed E-state index contributed by atoms with van der Waals surface area (Å²) < 4.78 is 66.1. The second kappa shape index (κ2) is 7.68. The lowest BCUT2D eigenvalue weighted by atomic mass is 10.0. The maximum absolute atomic E-state index is 13.2. The molecule has 30 heavy (non-hydrogen) atoms. The Morgan fingerprint density at radius 1 is 1.17 bits per heavy atom. The fourth-order valence-electron chi connectivity index (χ4n) is 3.36. The summed E-state index contributed by atoms with van der Waals surface area (Å²) in [6.45, 7) is 2.24. The van der Waals surface area contributed by atoms with Crippen LogP contribution in [0.3, 0.4) is 0 Å². The molecule has 0 saturated carbocycles. The number of H-pyrrole nitrogens is 1. The molecule has 0 saturated heterocycles. The van der Waals surface area contributed by atoms with E-state index >= 15 is 0 Å². The fraction of sp³-hybridized carbons (Fsp3) is 0.250. The van der Waals surface area contributed by atoms with Crippen LogP contribution in [0.25, 0.3) is 16.1 Å². The van der Waals surface area contributed by atoms with Crippen molar-refractivity contribution in [3.63, 3.8) is 0 Å². The van der Waals surface area contributed by atoms with E-state index in [1.807, 2.05) is 41.5 Å². The van der Waals surface area contributed by atoms with Gasteiger partial charge in [-0.15, -0.1) is 11.3 Å². The molecule has 10 heteroatoms. The normalized spacial score (nSPS) is 15.9. The number of rotatable bonds is 4. The van der Waals surface area contributed by atoms with Gasteiger partial charge in [-0.05, 0) is 36.6 Å². The third-order valence-electron chi connectivity index (χ3n) is 4.94. The number of hydrogen-bond acceptors (Lipinski definition) is 4. The number of sulfonamides is 1. The van der Waals surface area contributed by atoms with Crippen LogP contribution >= 0.6 is 11.3 Å². The lowest BCUT2D eigenvalue weighted by molar-refractivity contribution is -0.141. The number of hydrogen-bond donors (Lipinski definition) is 1. The molecular weight excluding hydrogens is 435 g/mol. The molecule has 0 unspecified atom stereocenters. The maximum atomic E-state index is 13.2. The van der Waals surface area contributed by atoms with Crippen molar-refractivity contribution in [3.8, 4) is 10.6 Å². The molecule has 0 spiro atoms. The highest BCUT2D eigenvalue weighted by Gasteiger charge is 2.34. The maximum Gasteiger partial charge on any atom is 0.432 e. The molecule has 4 rings (SSSR count). The monoisotopic (exact) mass is 453 g/mol. The van der Waals surface area contributed by atoms with Crippen LogP contribution in [0.4, 0.5) is 13.2 Å². The molecular formula is C20H18F3N3O2S2. The summed E-state index contributed by atoms with van der Waals surface area (Å²) in [5.41, 5.74) is 1.27. The van der Waals surface area contributed by atoms with Gasteiger partial charge in [0.1, 0.15) is 11.4 Å². The first-order valence-corrected chi connectivity index (χ1v) is 11.4. The smallest absolute Gasteiger partial charge is 0.273 e. The van der Waals surface area contributed by atoms with E-state index in [2.05, 4.69) is 5.10 Å². The molecule has 1 N–H and O–H groups in total. The highest BCUT2D eigenvalue weighted by molar-refractivity contribution is 7.89. The van der Waals surface area contributed by atoms with E-state index in [1.165, 1.54) is 10.4 Å². The van der Waals surface area contributed by atoms with Crippen LogP contribution in [0, 0.1) is 6.92 Å². The zero-order chi connectivity index (χ0) is 21.5. The second-order valence-corrected chi connectivity index (χ2v) is 10.1. The van der Waals surface area contributed by atoms with Crippen LogP contribution < -0.4 is 0 Å². The van der Waals surface area contributed by atoms with Gasteiger partial charge in [-0.1, -0.05) is 36.4 Å². The van der Waals surface area contributed by atoms with Gasteiger partial charge in [-0.3, -0.25) is 5.10 Å². The predicted molar refractivity (Wildman–Crippen MR) is 109 cm³/mol. The third-order valence-corrected chi connectivity index (χ3v) is 8.14. The Hall–Kier alpha value is -2.43. The minimum Gasteiger partial charge on any atom is -0.273 e. The van der Waals surface area contributed by atoms with E-state index in [1.54, 1.807) is 6.92 Å². The van der Waals surface area contributed by atoms with Crippen LogP contribution in [-0.4, -0.2) is 36.0 Å². The van der Waals surface area contributed by atoms with Crippen molar-refractivity contribution in [1.82, 2.24) is 14.5 Å². The zero-order valence-electron chi connectivity index (χ0n) is 15.9. The van der Waals surface area contributed by atoms with Crippen LogP contribution in [0.2, 0.25) is 0 Å². The first kappa shape index (κ1) is 20.8. The number of aromatic amines is 1. The summed E-state index contributed by atoms with van der Waals surface area (Å²) in [6.07, 6.45) is -2.04. The summed E-state index contributed by atoms with van der Waals surface area (Å²) in [7, 11) is -3.77. The summed E-state index contributed by atoms with van der Waals surface area (Å²) in [6, 6.07) is 12.1. The molecule has 1 aliphatic rings. The number of nitrogens with one attached hydrogen (secondary N) is 1. The van der Waals surface area contributed by atoms with Crippen LogP contribution in [-0.2, 0) is 16.2 Å². The summed E-state index contributed by atoms with van der Waals surface area (Å²) in [4.78, 5) is 0.991. The summed E-state index contributed by atoms with van der Waals surface area (Å²) >= 11 is 1.11. The fourth-order valence-corrected chi connectivity index (χ4v) is 6.26. The summed E-state index contributed by atoms with van der Waals surface area (Å²) in [5, 5.41) is 5.65. The van der Waals surface area contributed by atoms with Crippen molar-refractivity contribution >= 4 is 26.9 Å². The van der Waals surface area contributed by atoms with Crippen LogP contribution in [0.1, 0.15) is 22.6 Å². The van der Waals surface area contributed by atoms with Crippen molar-refractivity contribution < 1.29 is 21.6 Å². The molecule has 0 atom stereocenters. The molecule has 5 nitrogen and oxygen atoms in total. The van der Waals surface area contributed by atoms with E-state index in [-0.39, 0.29) is 17.1 Å². The highest BCUT2D eigenvalue weighted by Crippen LogP contribution is 2.37. The molecule has 0 bridgehead atoms. The van der Waals surface area contributed by atoms with E-state index in [0.29, 0.717) is 22.7 Å². The SMILES string of the molecule is Cc1sc(-c2cc(C(F)(F)F)[nH]n2)cc1S(=O)(=O)N1CC=C(c2ccccc2)CC1. The van der Waals surface area contributed by atoms with Crippen molar-refractivity contribution in [2.75, 3.05) is 13.1 Å². The number of alkyl halides is 3. The molecule has 1 aromatic carbocycles. The Bertz CT molecular complexity index is 1200. The number of thiophene rings is 1. The number of aryl methyl sites for hydroxylation is 1. The van der Waals surface area contributed by atoms with Gasteiger partial charge in [0.2, 0.25) is 10.0 Å². The van der Waals surface area contributed by atoms with Gasteiger partial charge in [0.15, 0.2) is 0 Å². The average Bonchev–Trinajstić information content (AvgIpc) is 3.36. The second-order valence-electron chi connectivity index (χ2n) is 6.90. The lowest BCUT2D eigenvalue weighted by Crippen LogP contribution is -2.34. The number of aromatic nitrogens is 2. The van der Waals surface area contributed by atoms with Crippen LogP contribution in [0.15, 0.2) is 53.4 Å². The predicted octanol–water partition coefficient (Wildman–Crippen LogP) is 4.94. The Morgan fingerprint density at radius 3 is 2.50 bits per heavy atom. The lowest BCUT2D eigenvalue weighted by Gasteiger charge is -2.26. The van der Waals surface area contributed by atoms with Gasteiger partial charge in [-0.2, -0.15) is 22.6 Å². The molecule has 1 aliphatic heterocycles. The average molecular weight is 454 g/mol. The van der Waals surface area contributed by atoms with Crippen molar-refractivity contribution in [2.45, 2.75) is 24.4 Å². The van der Waals surface area contributed by atoms with E-state index in [9.17, 15) is 21.6 Å². The number of halogens is 3. The molecule has 0 radical (unpaired) electrons. The molecule has 0 fully saturated rings. The zero-order valence-corrected chi connectivity index (χ0v) is 17.5. The Morgan fingerprint density at radius 2 is 1.90 bits per heavy atom. The largest absolute Gasteiger partial charge is 0.432 e.